The number of methoxy groups -OCH3 is 1. The maximum atomic E-state index is 5.42. The number of aryl methyl sites for hydroxylation is 1. The highest BCUT2D eigenvalue weighted by Crippen LogP contribution is 2.32. The maximum Gasteiger partial charge on any atom is 0.165 e. The molecule has 112 valence electrons. The Morgan fingerprint density at radius 2 is 2.10 bits per heavy atom. The molecule has 0 aliphatic heterocycles. The molecule has 4 nitrogen and oxygen atoms in total. The van der Waals surface area contributed by atoms with Crippen LogP contribution in [0.4, 0.5) is 5.82 Å². The number of anilines is 1. The zero-order chi connectivity index (χ0) is 15.4. The lowest BCUT2D eigenvalue weighted by Gasteiger charge is -2.13. The van der Waals surface area contributed by atoms with E-state index in [-0.39, 0.29) is 0 Å². The quantitative estimate of drug-likeness (QED) is 0.658. The van der Waals surface area contributed by atoms with Crippen molar-refractivity contribution in [2.24, 2.45) is 0 Å². The number of hydrogen-bond acceptors (Lipinski definition) is 4. The van der Waals surface area contributed by atoms with Crippen molar-refractivity contribution in [3.63, 3.8) is 0 Å². The van der Waals surface area contributed by atoms with Crippen LogP contribution in [0.5, 0.6) is 5.75 Å². The largest absolute Gasteiger partial charge is 0.496 e. The van der Waals surface area contributed by atoms with Gasteiger partial charge in [0.2, 0.25) is 0 Å². The van der Waals surface area contributed by atoms with Gasteiger partial charge in [0.05, 0.1) is 21.9 Å². The van der Waals surface area contributed by atoms with Crippen molar-refractivity contribution >= 4 is 44.3 Å². The van der Waals surface area contributed by atoms with Gasteiger partial charge in [0.15, 0.2) is 5.82 Å². The van der Waals surface area contributed by atoms with E-state index in [0.717, 1.165) is 43.8 Å². The fraction of sp³-hybridized carbons (Fsp3) is 0.333. The summed E-state index contributed by atoms with van der Waals surface area (Å²) in [6.07, 6.45) is 1.05. The van der Waals surface area contributed by atoms with Gasteiger partial charge in [0.1, 0.15) is 11.6 Å². The fourth-order valence-corrected chi connectivity index (χ4v) is 2.69. The lowest BCUT2D eigenvalue weighted by Crippen LogP contribution is -2.08. The monoisotopic (exact) mass is 461 g/mol. The Balaban J connectivity index is 2.53. The van der Waals surface area contributed by atoms with Gasteiger partial charge in [0.25, 0.3) is 0 Å². The second kappa shape index (κ2) is 7.40. The number of rotatable bonds is 5. The molecular formula is C15H17BrIN3O. The molecule has 0 unspecified atom stereocenters. The summed E-state index contributed by atoms with van der Waals surface area (Å²) in [7, 11) is 1.66. The highest BCUT2D eigenvalue weighted by molar-refractivity contribution is 14.1. The van der Waals surface area contributed by atoms with E-state index in [2.05, 4.69) is 60.7 Å². The second-order valence-corrected chi connectivity index (χ2v) is 6.56. The zero-order valence-corrected chi connectivity index (χ0v) is 15.9. The summed E-state index contributed by atoms with van der Waals surface area (Å²) in [5.74, 6) is 2.31. The molecule has 0 aliphatic rings. The smallest absolute Gasteiger partial charge is 0.165 e. The minimum atomic E-state index is 0.671. The molecule has 0 aliphatic carbocycles. The Morgan fingerprint density at radius 3 is 2.76 bits per heavy atom. The molecule has 6 heteroatoms. The minimum Gasteiger partial charge on any atom is -0.496 e. The zero-order valence-electron chi connectivity index (χ0n) is 12.2. The lowest BCUT2D eigenvalue weighted by molar-refractivity contribution is 0.416. The molecule has 1 N–H and O–H groups in total. The molecule has 2 rings (SSSR count). The summed E-state index contributed by atoms with van der Waals surface area (Å²) >= 11 is 5.77. The third kappa shape index (κ3) is 3.85. The first kappa shape index (κ1) is 16.5. The van der Waals surface area contributed by atoms with Crippen LogP contribution in [0.2, 0.25) is 0 Å². The average molecular weight is 462 g/mol. The number of nitrogens with zero attached hydrogens (tertiary/aromatic N) is 2. The van der Waals surface area contributed by atoms with Gasteiger partial charge in [-0.25, -0.2) is 9.97 Å². The lowest BCUT2D eigenvalue weighted by atomic mass is 10.2. The number of aromatic nitrogens is 2. The predicted molar refractivity (Wildman–Crippen MR) is 98.0 cm³/mol. The molecule has 0 bridgehead atoms. The van der Waals surface area contributed by atoms with E-state index in [1.165, 1.54) is 0 Å². The Labute approximate surface area is 147 Å². The van der Waals surface area contributed by atoms with Crippen LogP contribution in [0.3, 0.4) is 0 Å². The molecule has 0 spiro atoms. The first-order valence-electron chi connectivity index (χ1n) is 6.68. The van der Waals surface area contributed by atoms with Crippen molar-refractivity contribution in [3.05, 3.63) is 31.9 Å². The summed E-state index contributed by atoms with van der Waals surface area (Å²) in [5.41, 5.74) is 1.84. The molecule has 0 radical (unpaired) electrons. The molecule has 0 saturated carbocycles. The van der Waals surface area contributed by atoms with Gasteiger partial charge in [-0.05, 0) is 54.1 Å². The van der Waals surface area contributed by atoms with Crippen molar-refractivity contribution in [3.8, 4) is 17.1 Å². The fourth-order valence-electron chi connectivity index (χ4n) is 1.90. The van der Waals surface area contributed by atoms with E-state index < -0.39 is 0 Å². The van der Waals surface area contributed by atoms with Gasteiger partial charge in [-0.2, -0.15) is 0 Å². The first-order chi connectivity index (χ1) is 10.1. The molecular weight excluding hydrogens is 445 g/mol. The molecule has 0 amide bonds. The van der Waals surface area contributed by atoms with Crippen molar-refractivity contribution in [2.45, 2.75) is 20.3 Å². The number of hydrogen-bond donors (Lipinski definition) is 1. The van der Waals surface area contributed by atoms with Gasteiger partial charge in [-0.1, -0.05) is 22.9 Å². The Kier molecular flexibility index (Phi) is 5.80. The number of ether oxygens (including phenoxy) is 1. The van der Waals surface area contributed by atoms with Gasteiger partial charge >= 0.3 is 0 Å². The molecule has 21 heavy (non-hydrogen) atoms. The summed E-state index contributed by atoms with van der Waals surface area (Å²) in [6.45, 7) is 5.02. The Bertz CT molecular complexity index is 649. The molecule has 0 atom stereocenters. The van der Waals surface area contributed by atoms with Crippen molar-refractivity contribution < 1.29 is 4.74 Å². The van der Waals surface area contributed by atoms with Gasteiger partial charge in [-0.15, -0.1) is 0 Å². The average Bonchev–Trinajstić information content (AvgIpc) is 2.48. The van der Waals surface area contributed by atoms with Crippen molar-refractivity contribution in [1.29, 1.82) is 0 Å². The van der Waals surface area contributed by atoms with E-state index in [4.69, 9.17) is 4.74 Å². The summed E-state index contributed by atoms with van der Waals surface area (Å²) in [5, 5.41) is 3.35. The number of nitrogens with one attached hydrogen (secondary N) is 1. The van der Waals surface area contributed by atoms with Crippen molar-refractivity contribution in [2.75, 3.05) is 19.0 Å². The normalized spacial score (nSPS) is 10.5. The van der Waals surface area contributed by atoms with Crippen LogP contribution < -0.4 is 10.1 Å². The molecule has 2 aromatic rings. The van der Waals surface area contributed by atoms with Crippen molar-refractivity contribution in [1.82, 2.24) is 9.97 Å². The molecule has 1 aromatic carbocycles. The standard InChI is InChI=1S/C15H17BrIN3O/c1-4-7-18-15-13(17)9(2)19-14(20-15)11-8-10(16)5-6-12(11)21-3/h5-6,8H,4,7H2,1-3H3,(H,18,19,20). The van der Waals surface area contributed by atoms with Gasteiger partial charge < -0.3 is 10.1 Å². The first-order valence-corrected chi connectivity index (χ1v) is 8.56. The van der Waals surface area contributed by atoms with E-state index in [1.54, 1.807) is 7.11 Å². The molecule has 0 saturated heterocycles. The summed E-state index contributed by atoms with van der Waals surface area (Å²) < 4.78 is 7.45. The second-order valence-electron chi connectivity index (χ2n) is 4.57. The Hall–Kier alpha value is -0.890. The molecule has 0 fully saturated rings. The SMILES string of the molecule is CCCNc1nc(-c2cc(Br)ccc2OC)nc(C)c1I. The van der Waals surface area contributed by atoms with Crippen LogP contribution in [0.1, 0.15) is 19.0 Å². The maximum absolute atomic E-state index is 5.42. The summed E-state index contributed by atoms with van der Waals surface area (Å²) in [6, 6.07) is 5.83. The number of benzene rings is 1. The molecule has 1 heterocycles. The predicted octanol–water partition coefficient (Wildman–Crippen LogP) is 4.65. The van der Waals surface area contributed by atoms with Crippen LogP contribution in [0.25, 0.3) is 11.4 Å². The summed E-state index contributed by atoms with van der Waals surface area (Å²) in [4.78, 5) is 9.26. The van der Waals surface area contributed by atoms with Gasteiger partial charge in [-0.3, -0.25) is 0 Å². The van der Waals surface area contributed by atoms with Gasteiger partial charge in [0, 0.05) is 11.0 Å². The van der Waals surface area contributed by atoms with E-state index in [1.807, 2.05) is 25.1 Å². The van der Waals surface area contributed by atoms with E-state index in [0.29, 0.717) is 5.82 Å². The minimum absolute atomic E-state index is 0.671. The van der Waals surface area contributed by atoms with Crippen LogP contribution in [-0.2, 0) is 0 Å². The molecule has 1 aromatic heterocycles. The van der Waals surface area contributed by atoms with E-state index in [9.17, 15) is 0 Å². The highest BCUT2D eigenvalue weighted by atomic mass is 127. The third-order valence-corrected chi connectivity index (χ3v) is 4.75. The van der Waals surface area contributed by atoms with Crippen LogP contribution in [-0.4, -0.2) is 23.6 Å². The van der Waals surface area contributed by atoms with E-state index >= 15 is 0 Å². The topological polar surface area (TPSA) is 47.0 Å². The van der Waals surface area contributed by atoms with Crippen LogP contribution >= 0.6 is 38.5 Å². The van der Waals surface area contributed by atoms with Crippen LogP contribution in [0, 0.1) is 10.5 Å². The third-order valence-electron chi connectivity index (χ3n) is 2.96. The van der Waals surface area contributed by atoms with Crippen LogP contribution in [0.15, 0.2) is 22.7 Å². The Morgan fingerprint density at radius 1 is 1.33 bits per heavy atom. The number of halogens is 2. The highest BCUT2D eigenvalue weighted by Gasteiger charge is 2.14.